The number of amides is 1. The highest BCUT2D eigenvalue weighted by Crippen LogP contribution is 2.12. The van der Waals surface area contributed by atoms with Gasteiger partial charge in [0.05, 0.1) is 0 Å². The molecule has 14 heavy (non-hydrogen) atoms. The third-order valence-corrected chi connectivity index (χ3v) is 2.21. The topological polar surface area (TPSA) is 55.1 Å². The first-order valence-electron chi connectivity index (χ1n) is 4.78. The summed E-state index contributed by atoms with van der Waals surface area (Å²) in [6.07, 6.45) is 0. The molecule has 1 atom stereocenters. The molecule has 0 radical (unpaired) electrons. The minimum Gasteiger partial charge on any atom is -0.366 e. The lowest BCUT2D eigenvalue weighted by Crippen LogP contribution is -2.18. The van der Waals surface area contributed by atoms with E-state index < -0.39 is 0 Å². The normalized spacial score (nSPS) is 12.4. The van der Waals surface area contributed by atoms with Gasteiger partial charge in [-0.25, -0.2) is 0 Å². The smallest absolute Gasteiger partial charge is 0.248 e. The van der Waals surface area contributed by atoms with Crippen LogP contribution in [-0.4, -0.2) is 12.5 Å². The van der Waals surface area contributed by atoms with Crippen LogP contribution in [0.1, 0.15) is 35.8 Å². The van der Waals surface area contributed by atoms with Crippen LogP contribution in [0.15, 0.2) is 24.3 Å². The molecule has 1 rings (SSSR count). The van der Waals surface area contributed by atoms with Gasteiger partial charge in [-0.1, -0.05) is 19.1 Å². The Bertz CT molecular complexity index is 306. The fourth-order valence-electron chi connectivity index (χ4n) is 1.36. The minimum atomic E-state index is -0.382. The van der Waals surface area contributed by atoms with Crippen molar-refractivity contribution in [1.82, 2.24) is 5.32 Å². The van der Waals surface area contributed by atoms with E-state index in [0.29, 0.717) is 11.6 Å². The molecule has 0 spiro atoms. The number of benzene rings is 1. The van der Waals surface area contributed by atoms with E-state index >= 15 is 0 Å². The van der Waals surface area contributed by atoms with E-state index in [0.717, 1.165) is 12.1 Å². The fourth-order valence-corrected chi connectivity index (χ4v) is 1.36. The highest BCUT2D eigenvalue weighted by atomic mass is 16.1. The van der Waals surface area contributed by atoms with Gasteiger partial charge in [-0.15, -0.1) is 0 Å². The summed E-state index contributed by atoms with van der Waals surface area (Å²) in [5.74, 6) is -0.382. The third-order valence-electron chi connectivity index (χ3n) is 2.21. The fraction of sp³-hybridized carbons (Fsp3) is 0.364. The van der Waals surface area contributed by atoms with Crippen molar-refractivity contribution in [3.8, 4) is 0 Å². The first-order chi connectivity index (χ1) is 6.65. The standard InChI is InChI=1S/C11H16N2O/c1-3-13-8(2)9-4-6-10(7-5-9)11(12)14/h4-8,13H,3H2,1-2H3,(H2,12,14). The number of primary amides is 1. The van der Waals surface area contributed by atoms with Crippen molar-refractivity contribution in [3.05, 3.63) is 35.4 Å². The number of rotatable bonds is 4. The largest absolute Gasteiger partial charge is 0.366 e. The van der Waals surface area contributed by atoms with E-state index in [1.165, 1.54) is 0 Å². The van der Waals surface area contributed by atoms with E-state index in [1.54, 1.807) is 12.1 Å². The van der Waals surface area contributed by atoms with Crippen LogP contribution >= 0.6 is 0 Å². The number of carbonyl (C=O) groups is 1. The molecule has 0 heterocycles. The molecule has 0 saturated heterocycles. The molecule has 3 nitrogen and oxygen atoms in total. The zero-order valence-corrected chi connectivity index (χ0v) is 8.58. The van der Waals surface area contributed by atoms with Crippen molar-refractivity contribution >= 4 is 5.91 Å². The van der Waals surface area contributed by atoms with E-state index in [9.17, 15) is 4.79 Å². The second-order valence-corrected chi connectivity index (χ2v) is 3.27. The lowest BCUT2D eigenvalue weighted by atomic mass is 10.1. The zero-order chi connectivity index (χ0) is 10.6. The van der Waals surface area contributed by atoms with Gasteiger partial charge in [0.15, 0.2) is 0 Å². The minimum absolute atomic E-state index is 0.307. The Labute approximate surface area is 84.3 Å². The zero-order valence-electron chi connectivity index (χ0n) is 8.58. The summed E-state index contributed by atoms with van der Waals surface area (Å²) >= 11 is 0. The maximum Gasteiger partial charge on any atom is 0.248 e. The Balaban J connectivity index is 2.77. The van der Waals surface area contributed by atoms with Crippen LogP contribution in [0, 0.1) is 0 Å². The summed E-state index contributed by atoms with van der Waals surface area (Å²) in [7, 11) is 0. The Kier molecular flexibility index (Phi) is 3.65. The number of hydrogen-bond acceptors (Lipinski definition) is 2. The number of hydrogen-bond donors (Lipinski definition) is 2. The summed E-state index contributed by atoms with van der Waals surface area (Å²) in [5.41, 5.74) is 6.86. The molecule has 0 aliphatic heterocycles. The van der Waals surface area contributed by atoms with Gasteiger partial charge >= 0.3 is 0 Å². The summed E-state index contributed by atoms with van der Waals surface area (Å²) in [6.45, 7) is 5.08. The van der Waals surface area contributed by atoms with Gasteiger partial charge in [0.1, 0.15) is 0 Å². The van der Waals surface area contributed by atoms with Crippen LogP contribution in [0.5, 0.6) is 0 Å². The lowest BCUT2D eigenvalue weighted by Gasteiger charge is -2.12. The Morgan fingerprint density at radius 3 is 2.43 bits per heavy atom. The van der Waals surface area contributed by atoms with Crippen molar-refractivity contribution in [2.24, 2.45) is 5.73 Å². The van der Waals surface area contributed by atoms with Gasteiger partial charge in [-0.3, -0.25) is 4.79 Å². The SMILES string of the molecule is CCNC(C)c1ccc(C(N)=O)cc1. The second kappa shape index (κ2) is 4.77. The maximum atomic E-state index is 10.8. The predicted octanol–water partition coefficient (Wildman–Crippen LogP) is 1.46. The van der Waals surface area contributed by atoms with Gasteiger partial charge in [0.25, 0.3) is 0 Å². The van der Waals surface area contributed by atoms with E-state index in [-0.39, 0.29) is 5.91 Å². The molecule has 0 bridgehead atoms. The molecule has 0 aliphatic carbocycles. The van der Waals surface area contributed by atoms with Crippen LogP contribution in [-0.2, 0) is 0 Å². The highest BCUT2D eigenvalue weighted by Gasteiger charge is 2.04. The molecule has 0 fully saturated rings. The van der Waals surface area contributed by atoms with Crippen molar-refractivity contribution in [2.45, 2.75) is 19.9 Å². The quantitative estimate of drug-likeness (QED) is 0.758. The third kappa shape index (κ3) is 2.57. The molecule has 1 aromatic carbocycles. The molecule has 0 saturated carbocycles. The molecule has 3 N–H and O–H groups in total. The summed E-state index contributed by atoms with van der Waals surface area (Å²) in [6, 6.07) is 7.67. The van der Waals surface area contributed by atoms with Crippen LogP contribution < -0.4 is 11.1 Å². The first-order valence-corrected chi connectivity index (χ1v) is 4.78. The van der Waals surface area contributed by atoms with E-state index in [1.807, 2.05) is 12.1 Å². The number of nitrogens with one attached hydrogen (secondary N) is 1. The molecule has 1 aromatic rings. The molecular weight excluding hydrogens is 176 g/mol. The molecule has 1 amide bonds. The Morgan fingerprint density at radius 2 is 2.00 bits per heavy atom. The highest BCUT2D eigenvalue weighted by molar-refractivity contribution is 5.92. The predicted molar refractivity (Wildman–Crippen MR) is 57.1 cm³/mol. The maximum absolute atomic E-state index is 10.8. The molecular formula is C11H16N2O. The molecule has 3 heteroatoms. The van der Waals surface area contributed by atoms with Crippen molar-refractivity contribution < 1.29 is 4.79 Å². The Hall–Kier alpha value is -1.35. The van der Waals surface area contributed by atoms with Crippen LogP contribution in [0.4, 0.5) is 0 Å². The first kappa shape index (κ1) is 10.7. The molecule has 0 aliphatic rings. The van der Waals surface area contributed by atoms with Gasteiger partial charge in [-0.05, 0) is 31.2 Å². The van der Waals surface area contributed by atoms with Crippen LogP contribution in [0.2, 0.25) is 0 Å². The van der Waals surface area contributed by atoms with Crippen molar-refractivity contribution in [1.29, 1.82) is 0 Å². The summed E-state index contributed by atoms with van der Waals surface area (Å²) in [4.78, 5) is 10.8. The van der Waals surface area contributed by atoms with E-state index in [2.05, 4.69) is 19.2 Å². The van der Waals surface area contributed by atoms with Crippen LogP contribution in [0.3, 0.4) is 0 Å². The molecule has 0 aromatic heterocycles. The summed E-state index contributed by atoms with van der Waals surface area (Å²) < 4.78 is 0. The monoisotopic (exact) mass is 192 g/mol. The van der Waals surface area contributed by atoms with Crippen molar-refractivity contribution in [3.63, 3.8) is 0 Å². The average Bonchev–Trinajstić information content (AvgIpc) is 2.18. The number of nitrogens with two attached hydrogens (primary N) is 1. The van der Waals surface area contributed by atoms with Gasteiger partial charge in [-0.2, -0.15) is 0 Å². The Morgan fingerprint density at radius 1 is 1.43 bits per heavy atom. The van der Waals surface area contributed by atoms with E-state index in [4.69, 9.17) is 5.73 Å². The average molecular weight is 192 g/mol. The van der Waals surface area contributed by atoms with Crippen molar-refractivity contribution in [2.75, 3.05) is 6.54 Å². The van der Waals surface area contributed by atoms with Crippen LogP contribution in [0.25, 0.3) is 0 Å². The second-order valence-electron chi connectivity index (χ2n) is 3.27. The molecule has 76 valence electrons. The lowest BCUT2D eigenvalue weighted by molar-refractivity contribution is 0.100. The van der Waals surface area contributed by atoms with Gasteiger partial charge < -0.3 is 11.1 Å². The van der Waals surface area contributed by atoms with Gasteiger partial charge in [0, 0.05) is 11.6 Å². The number of carbonyl (C=O) groups excluding carboxylic acids is 1. The summed E-state index contributed by atoms with van der Waals surface area (Å²) in [5, 5.41) is 3.29. The van der Waals surface area contributed by atoms with Gasteiger partial charge in [0.2, 0.25) is 5.91 Å². The molecule has 1 unspecified atom stereocenters.